The summed E-state index contributed by atoms with van der Waals surface area (Å²) in [7, 11) is -12.2. The minimum absolute atomic E-state index is 0. The summed E-state index contributed by atoms with van der Waals surface area (Å²) in [6, 6.07) is 93.8. The minimum Gasteiger partial charge on any atom is -0.741 e. The van der Waals surface area contributed by atoms with Gasteiger partial charge in [0.25, 0.3) is 0 Å². The Hall–Kier alpha value is -8.04. The fourth-order valence-corrected chi connectivity index (χ4v) is 11.7. The van der Waals surface area contributed by atoms with Crippen LogP contribution in [0.3, 0.4) is 0 Å². The van der Waals surface area contributed by atoms with Gasteiger partial charge in [0.15, 0.2) is 20.2 Å². The van der Waals surface area contributed by atoms with Crippen molar-refractivity contribution in [1.82, 2.24) is 0 Å². The Balaban J connectivity index is 0.000000281. The van der Waals surface area contributed by atoms with E-state index in [4.69, 9.17) is 25.9 Å². The summed E-state index contributed by atoms with van der Waals surface area (Å²) in [5.74, 6) is 0. The molecular formula is C72H54Ag2F6O8S2+2. The number of benzene rings is 14. The van der Waals surface area contributed by atoms with Crippen molar-refractivity contribution < 1.29 is 108 Å². The van der Waals surface area contributed by atoms with Gasteiger partial charge < -0.3 is 20.1 Å². The molecule has 0 spiro atoms. The van der Waals surface area contributed by atoms with Crippen molar-refractivity contribution in [2.45, 2.75) is 24.9 Å². The van der Waals surface area contributed by atoms with Crippen molar-refractivity contribution in [3.05, 3.63) is 308 Å². The Morgan fingerprint density at radius 1 is 0.233 bits per heavy atom. The summed E-state index contributed by atoms with van der Waals surface area (Å²) in [6.45, 7) is 4.17. The van der Waals surface area contributed by atoms with E-state index in [0.29, 0.717) is 0 Å². The molecule has 0 amide bonds. The zero-order valence-electron chi connectivity index (χ0n) is 47.5. The Morgan fingerprint density at radius 3 is 0.389 bits per heavy atom. The number of hydrogen-bond acceptors (Lipinski definition) is 6. The number of alkyl halides is 6. The van der Waals surface area contributed by atoms with E-state index < -0.39 is 31.3 Å². The summed E-state index contributed by atoms with van der Waals surface area (Å²) < 4.78 is 118. The summed E-state index contributed by atoms with van der Waals surface area (Å²) in [5.41, 5.74) is -8.65. The summed E-state index contributed by atoms with van der Waals surface area (Å²) in [4.78, 5) is 0. The summed E-state index contributed by atoms with van der Waals surface area (Å²) >= 11 is 0. The predicted molar refractivity (Wildman–Crippen MR) is 340 cm³/mol. The van der Waals surface area contributed by atoms with Gasteiger partial charge in [0.1, 0.15) is 0 Å². The van der Waals surface area contributed by atoms with E-state index in [9.17, 15) is 26.3 Å². The van der Waals surface area contributed by atoms with Gasteiger partial charge in [-0.05, 0) is 142 Å². The van der Waals surface area contributed by atoms with Crippen LogP contribution in [0.4, 0.5) is 26.3 Å². The molecule has 14 aromatic rings. The first-order valence-electron chi connectivity index (χ1n) is 27.0. The first kappa shape index (κ1) is 69.4. The molecule has 0 saturated carbocycles. The zero-order chi connectivity index (χ0) is 60.7. The van der Waals surface area contributed by atoms with Gasteiger partial charge in [0.2, 0.25) is 0 Å². The molecule has 8 nitrogen and oxygen atoms in total. The molecule has 0 unspecified atom stereocenters. The van der Waals surface area contributed by atoms with Gasteiger partial charge in [-0.3, -0.25) is 0 Å². The predicted octanol–water partition coefficient (Wildman–Crippen LogP) is 16.6. The van der Waals surface area contributed by atoms with Crippen LogP contribution >= 0.6 is 0 Å². The van der Waals surface area contributed by atoms with Gasteiger partial charge in [0, 0.05) is 0 Å². The summed E-state index contributed by atoms with van der Waals surface area (Å²) in [5, 5.41) is 30.7. The molecule has 10 aliphatic rings. The van der Waals surface area contributed by atoms with Crippen LogP contribution in [0.2, 0.25) is 0 Å². The molecule has 464 valence electrons. The molecule has 0 saturated heterocycles. The standard InChI is InChI=1S/C56H32.2C7H8.2CHF3O3S.2Ag.2H2O/c1-2-18-34-33(17-1)49-35-19-3-4-20-36(35)50(34)52-41-25-9-11-27-43(41)54(44-28-12-10-26-42(44)52)56-47-31-15-13-29-45(47)55(46-30-14-16-32-48(46)56)53-39-23-7-5-21-37(39)51(49)38-22-6-8-24-40(38)53;2*1-7-5-3-2-4-6-7;2*2-1(3,4)8(5,6)7;;;;/h1-32H;2*2-6H,1H3;2*(H,5,6,7);;;2*1H2/q;;;;;2*+1;;. The van der Waals surface area contributed by atoms with Crippen molar-refractivity contribution in [2.24, 2.45) is 0 Å². The largest absolute Gasteiger partial charge is 1.00 e. The van der Waals surface area contributed by atoms with Crippen molar-refractivity contribution in [3.8, 4) is 0 Å². The Morgan fingerprint density at radius 2 is 0.322 bits per heavy atom. The van der Waals surface area contributed by atoms with E-state index in [1.807, 2.05) is 36.4 Å². The van der Waals surface area contributed by atoms with Gasteiger partial charge in [-0.2, -0.15) is 26.3 Å². The van der Waals surface area contributed by atoms with E-state index in [1.165, 1.54) is 139 Å². The second-order valence-corrected chi connectivity index (χ2v) is 23.2. The second kappa shape index (κ2) is 28.0. The smallest absolute Gasteiger partial charge is 0.741 e. The molecule has 0 fully saturated rings. The van der Waals surface area contributed by atoms with E-state index in [1.54, 1.807) is 0 Å². The van der Waals surface area contributed by atoms with Crippen LogP contribution < -0.4 is 0 Å². The van der Waals surface area contributed by atoms with Gasteiger partial charge in [0.05, 0.1) is 0 Å². The number of halogens is 6. The Labute approximate surface area is 542 Å². The molecule has 18 heteroatoms. The van der Waals surface area contributed by atoms with Crippen molar-refractivity contribution in [2.75, 3.05) is 0 Å². The molecule has 0 radical (unpaired) electrons. The van der Waals surface area contributed by atoms with E-state index in [-0.39, 0.29) is 55.7 Å². The molecule has 24 rings (SSSR count). The normalized spacial score (nSPS) is 11.5. The maximum Gasteiger partial charge on any atom is 1.00 e. The van der Waals surface area contributed by atoms with Crippen LogP contribution in [0.25, 0.3) is 86.2 Å². The van der Waals surface area contributed by atoms with Crippen LogP contribution in [0.1, 0.15) is 11.1 Å². The maximum atomic E-state index is 10.7. The third kappa shape index (κ3) is 13.3. The van der Waals surface area contributed by atoms with E-state index >= 15 is 0 Å². The Bertz CT molecular complexity index is 4540. The number of aryl methyl sites for hydroxylation is 2. The average Bonchev–Trinajstić information content (AvgIpc) is 0.697. The van der Waals surface area contributed by atoms with Gasteiger partial charge in [-0.15, -0.1) is 0 Å². The third-order valence-electron chi connectivity index (χ3n) is 15.2. The third-order valence-corrected chi connectivity index (χ3v) is 16.3. The van der Waals surface area contributed by atoms with Gasteiger partial charge >= 0.3 is 55.8 Å². The molecule has 0 heterocycles. The summed E-state index contributed by atoms with van der Waals surface area (Å²) in [6.07, 6.45) is 0. The number of hydrogen-bond donors (Lipinski definition) is 0. The van der Waals surface area contributed by atoms with Gasteiger partial charge in [-0.25, -0.2) is 16.8 Å². The fraction of sp³-hybridized carbons (Fsp3) is 0.0556. The molecular weight excluding hydrogens is 1390 g/mol. The van der Waals surface area contributed by atoms with Crippen LogP contribution in [0, 0.1) is 55.6 Å². The monoisotopic (exact) mass is 1440 g/mol. The fourth-order valence-electron chi connectivity index (χ4n) is 11.7. The molecule has 8 bridgehead atoms. The zero-order valence-corrected chi connectivity index (χ0v) is 52.1. The SMILES string of the molecule is Cc1ccccc1.Cc1ccccc1.O=S(=O)([O-])C(F)(F)F.O=S(=O)([O-])C(F)(F)F.[Ag+].[Ag+].[OH3+].[OH3+].c1ccc2c3c4ccccc4c(c2c1)=c1c2ccccc2c(c2ccccc12)=c1c2ccccc2c(c2ccccc12)=c1c2ccccc2c=3c2ccccc12. The van der Waals surface area contributed by atoms with E-state index in [0.717, 1.165) is 0 Å². The first-order chi connectivity index (χ1) is 41.2. The van der Waals surface area contributed by atoms with Crippen molar-refractivity contribution >= 4 is 106 Å². The van der Waals surface area contributed by atoms with Crippen LogP contribution in [0.15, 0.2) is 255 Å². The quantitative estimate of drug-likeness (QED) is 0.0364. The van der Waals surface area contributed by atoms with Crippen LogP contribution in [-0.2, 0) is 75.9 Å². The van der Waals surface area contributed by atoms with E-state index in [2.05, 4.69) is 232 Å². The molecule has 6 N–H and O–H groups in total. The Kier molecular flexibility index (Phi) is 21.6. The molecule has 14 aromatic carbocycles. The number of rotatable bonds is 0. The topological polar surface area (TPSA) is 180 Å². The average molecular weight is 1440 g/mol. The molecule has 10 aliphatic carbocycles. The first-order valence-corrected chi connectivity index (χ1v) is 29.8. The van der Waals surface area contributed by atoms with Crippen LogP contribution in [0.5, 0.6) is 0 Å². The minimum atomic E-state index is -6.09. The van der Waals surface area contributed by atoms with Crippen molar-refractivity contribution in [3.63, 3.8) is 0 Å². The molecule has 0 atom stereocenters. The maximum absolute atomic E-state index is 10.7. The second-order valence-electron chi connectivity index (χ2n) is 20.5. The molecule has 0 aliphatic heterocycles. The van der Waals surface area contributed by atoms with Gasteiger partial charge in [-0.1, -0.05) is 266 Å². The van der Waals surface area contributed by atoms with Crippen LogP contribution in [-0.4, -0.2) is 37.0 Å². The molecule has 0 aromatic heterocycles. The van der Waals surface area contributed by atoms with Crippen molar-refractivity contribution in [1.29, 1.82) is 0 Å². The molecule has 90 heavy (non-hydrogen) atoms.